The largest absolute Gasteiger partial charge is 0.395 e. The van der Waals surface area contributed by atoms with Crippen molar-refractivity contribution >= 4 is 44.1 Å². The summed E-state index contributed by atoms with van der Waals surface area (Å²) in [5.74, 6) is -0.386. The molecule has 7 heteroatoms. The van der Waals surface area contributed by atoms with Crippen LogP contribution in [0.4, 0.5) is 5.00 Å². The lowest BCUT2D eigenvalue weighted by molar-refractivity contribution is -0.113. The van der Waals surface area contributed by atoms with Crippen molar-refractivity contribution in [2.24, 2.45) is 0 Å². The summed E-state index contributed by atoms with van der Waals surface area (Å²) in [6, 6.07) is 0. The van der Waals surface area contributed by atoms with Crippen LogP contribution in [0.1, 0.15) is 33.6 Å². The summed E-state index contributed by atoms with van der Waals surface area (Å²) in [4.78, 5) is 25.0. The lowest BCUT2D eigenvalue weighted by atomic mass is 9.95. The monoisotopic (exact) mass is 360 g/mol. The number of halogens is 1. The van der Waals surface area contributed by atoms with E-state index in [1.165, 1.54) is 16.2 Å². The van der Waals surface area contributed by atoms with Gasteiger partial charge in [-0.15, -0.1) is 11.3 Å². The number of aliphatic hydroxyl groups is 1. The van der Waals surface area contributed by atoms with E-state index in [4.69, 9.17) is 5.11 Å². The van der Waals surface area contributed by atoms with Crippen molar-refractivity contribution in [1.29, 1.82) is 0 Å². The van der Waals surface area contributed by atoms with Crippen molar-refractivity contribution in [2.75, 3.05) is 23.8 Å². The van der Waals surface area contributed by atoms with Crippen LogP contribution in [0.5, 0.6) is 0 Å². The first-order valence-corrected chi connectivity index (χ1v) is 8.50. The maximum Gasteiger partial charge on any atom is 0.254 e. The van der Waals surface area contributed by atoms with Gasteiger partial charge < -0.3 is 15.7 Å². The average molecular weight is 361 g/mol. The van der Waals surface area contributed by atoms with Crippen LogP contribution in [0.15, 0.2) is 0 Å². The SMILES string of the molecule is O=C(CBr)Nc1sc2c(c1C(=O)NCCO)CCCC2. The third-order valence-corrected chi connectivity index (χ3v) is 4.89. The molecular formula is C13H17BrN2O3S. The maximum atomic E-state index is 12.2. The molecule has 0 fully saturated rings. The predicted octanol–water partition coefficient (Wildman–Crippen LogP) is 1.68. The van der Waals surface area contributed by atoms with E-state index >= 15 is 0 Å². The number of carbonyl (C=O) groups is 2. The van der Waals surface area contributed by atoms with E-state index in [0.29, 0.717) is 10.6 Å². The Bertz CT molecular complexity index is 516. The Morgan fingerprint density at radius 2 is 2.05 bits per heavy atom. The molecule has 2 rings (SSSR count). The van der Waals surface area contributed by atoms with Crippen LogP contribution in [-0.2, 0) is 17.6 Å². The zero-order chi connectivity index (χ0) is 14.5. The van der Waals surface area contributed by atoms with Gasteiger partial charge in [-0.2, -0.15) is 0 Å². The van der Waals surface area contributed by atoms with Crippen molar-refractivity contribution in [3.8, 4) is 0 Å². The van der Waals surface area contributed by atoms with Gasteiger partial charge in [0.1, 0.15) is 5.00 Å². The van der Waals surface area contributed by atoms with E-state index in [1.807, 2.05) is 0 Å². The third-order valence-electron chi connectivity index (χ3n) is 3.17. The number of amides is 2. The molecule has 1 aliphatic rings. The lowest BCUT2D eigenvalue weighted by Crippen LogP contribution is -2.28. The average Bonchev–Trinajstić information content (AvgIpc) is 2.82. The Labute approximate surface area is 129 Å². The second kappa shape index (κ2) is 7.19. The molecule has 110 valence electrons. The molecule has 5 nitrogen and oxygen atoms in total. The molecule has 0 saturated carbocycles. The van der Waals surface area contributed by atoms with Crippen LogP contribution in [0, 0.1) is 0 Å². The van der Waals surface area contributed by atoms with Gasteiger partial charge in [0.05, 0.1) is 17.5 Å². The van der Waals surface area contributed by atoms with Crippen molar-refractivity contribution < 1.29 is 14.7 Å². The number of alkyl halides is 1. The molecule has 0 radical (unpaired) electrons. The molecule has 1 aromatic heterocycles. The number of nitrogens with one attached hydrogen (secondary N) is 2. The molecule has 0 atom stereocenters. The summed E-state index contributed by atoms with van der Waals surface area (Å²) in [5, 5.41) is 15.1. The molecule has 0 saturated heterocycles. The molecule has 0 spiro atoms. The number of aryl methyl sites for hydroxylation is 1. The molecule has 1 aliphatic carbocycles. The maximum absolute atomic E-state index is 12.2. The highest BCUT2D eigenvalue weighted by Crippen LogP contribution is 2.38. The van der Waals surface area contributed by atoms with E-state index in [0.717, 1.165) is 31.2 Å². The number of carbonyl (C=O) groups excluding carboxylic acids is 2. The number of thiophene rings is 1. The summed E-state index contributed by atoms with van der Waals surface area (Å²) in [6.45, 7) is 0.121. The van der Waals surface area contributed by atoms with Crippen molar-refractivity contribution in [3.63, 3.8) is 0 Å². The Morgan fingerprint density at radius 1 is 1.30 bits per heavy atom. The Morgan fingerprint density at radius 3 is 2.75 bits per heavy atom. The highest BCUT2D eigenvalue weighted by molar-refractivity contribution is 9.09. The molecule has 1 aromatic rings. The van der Waals surface area contributed by atoms with Gasteiger partial charge in [-0.25, -0.2) is 0 Å². The predicted molar refractivity (Wildman–Crippen MR) is 82.8 cm³/mol. The number of hydrogen-bond acceptors (Lipinski definition) is 4. The molecule has 0 aromatic carbocycles. The highest BCUT2D eigenvalue weighted by Gasteiger charge is 2.25. The van der Waals surface area contributed by atoms with Gasteiger partial charge in [0.2, 0.25) is 5.91 Å². The minimum atomic E-state index is -0.219. The number of hydrogen-bond donors (Lipinski definition) is 3. The minimum Gasteiger partial charge on any atom is -0.395 e. The first-order chi connectivity index (χ1) is 9.67. The number of aliphatic hydroxyl groups excluding tert-OH is 1. The number of rotatable bonds is 5. The van der Waals surface area contributed by atoms with Crippen LogP contribution in [-0.4, -0.2) is 35.4 Å². The number of anilines is 1. The summed E-state index contributed by atoms with van der Waals surface area (Å²) in [7, 11) is 0. The van der Waals surface area contributed by atoms with Gasteiger partial charge in [-0.05, 0) is 31.2 Å². The zero-order valence-electron chi connectivity index (χ0n) is 11.0. The summed E-state index contributed by atoms with van der Waals surface area (Å²) < 4.78 is 0. The minimum absolute atomic E-state index is 0.0961. The Hall–Kier alpha value is -0.920. The van der Waals surface area contributed by atoms with E-state index < -0.39 is 0 Å². The molecule has 2 amide bonds. The quantitative estimate of drug-likeness (QED) is 0.699. The fraction of sp³-hybridized carbons (Fsp3) is 0.538. The fourth-order valence-corrected chi connectivity index (χ4v) is 3.76. The number of fused-ring (bicyclic) bond motifs is 1. The Kier molecular flexibility index (Phi) is 5.56. The first-order valence-electron chi connectivity index (χ1n) is 6.56. The normalized spacial score (nSPS) is 13.7. The molecule has 1 heterocycles. The second-order valence-corrected chi connectivity index (χ2v) is 6.24. The van der Waals surface area contributed by atoms with E-state index in [-0.39, 0.29) is 30.3 Å². The molecule has 0 aliphatic heterocycles. The summed E-state index contributed by atoms with van der Waals surface area (Å²) in [6.07, 6.45) is 4.02. The highest BCUT2D eigenvalue weighted by atomic mass is 79.9. The summed E-state index contributed by atoms with van der Waals surface area (Å²) >= 11 is 4.60. The first kappa shape index (κ1) is 15.5. The molecule has 0 bridgehead atoms. The molecular weight excluding hydrogens is 344 g/mol. The zero-order valence-corrected chi connectivity index (χ0v) is 13.4. The standard InChI is InChI=1S/C13H17BrN2O3S/c14-7-10(18)16-13-11(12(19)15-5-6-17)8-3-1-2-4-9(8)20-13/h17H,1-7H2,(H,15,19)(H,16,18). The van der Waals surface area contributed by atoms with E-state index in [1.54, 1.807) is 0 Å². The lowest BCUT2D eigenvalue weighted by Gasteiger charge is -2.12. The molecule has 3 N–H and O–H groups in total. The van der Waals surface area contributed by atoms with Gasteiger partial charge in [0.25, 0.3) is 5.91 Å². The second-order valence-electron chi connectivity index (χ2n) is 4.58. The van der Waals surface area contributed by atoms with Crippen LogP contribution in [0.25, 0.3) is 0 Å². The molecule has 0 unspecified atom stereocenters. The van der Waals surface area contributed by atoms with Gasteiger partial charge in [0, 0.05) is 11.4 Å². The smallest absolute Gasteiger partial charge is 0.254 e. The van der Waals surface area contributed by atoms with Crippen LogP contribution >= 0.6 is 27.3 Å². The van der Waals surface area contributed by atoms with Crippen LogP contribution in [0.3, 0.4) is 0 Å². The van der Waals surface area contributed by atoms with Crippen LogP contribution < -0.4 is 10.6 Å². The topological polar surface area (TPSA) is 78.4 Å². The van der Waals surface area contributed by atoms with Gasteiger partial charge in [0.15, 0.2) is 0 Å². The molecule has 20 heavy (non-hydrogen) atoms. The third kappa shape index (κ3) is 3.39. The van der Waals surface area contributed by atoms with E-state index in [9.17, 15) is 9.59 Å². The van der Waals surface area contributed by atoms with Crippen molar-refractivity contribution in [1.82, 2.24) is 5.32 Å². The van der Waals surface area contributed by atoms with Gasteiger partial charge >= 0.3 is 0 Å². The van der Waals surface area contributed by atoms with Crippen molar-refractivity contribution in [2.45, 2.75) is 25.7 Å². The fourth-order valence-electron chi connectivity index (χ4n) is 2.31. The Balaban J connectivity index is 2.31. The van der Waals surface area contributed by atoms with Gasteiger partial charge in [-0.3, -0.25) is 9.59 Å². The van der Waals surface area contributed by atoms with E-state index in [2.05, 4.69) is 26.6 Å². The van der Waals surface area contributed by atoms with Gasteiger partial charge in [-0.1, -0.05) is 15.9 Å². The van der Waals surface area contributed by atoms with Crippen molar-refractivity contribution in [3.05, 3.63) is 16.0 Å². The van der Waals surface area contributed by atoms with Crippen LogP contribution in [0.2, 0.25) is 0 Å². The summed E-state index contributed by atoms with van der Waals surface area (Å²) in [5.41, 5.74) is 1.63.